The Hall–Kier alpha value is -1.14. The molecule has 0 aromatic rings. The third kappa shape index (κ3) is 3.49. The number of Topliss-reactive ketones (excluding diaryl/α,β-unsaturated/α-hetero) is 1. The summed E-state index contributed by atoms with van der Waals surface area (Å²) in [6.45, 7) is 6.04. The normalized spacial score (nSPS) is 48.8. The number of hydrogen-bond acceptors (Lipinski definition) is 4. The molecular weight excluding hydrogens is 414 g/mol. The van der Waals surface area contributed by atoms with Crippen molar-refractivity contribution < 1.29 is 14.7 Å². The minimum absolute atomic E-state index is 0.0112. The molecule has 9 atom stereocenters. The zero-order chi connectivity index (χ0) is 23.0. The van der Waals surface area contributed by atoms with Crippen molar-refractivity contribution >= 4 is 11.8 Å². The number of hydrogen-bond donors (Lipinski definition) is 2. The van der Waals surface area contributed by atoms with E-state index in [1.165, 1.54) is 38.5 Å². The highest BCUT2D eigenvalue weighted by molar-refractivity contribution is 5.84. The molecule has 6 heteroatoms. The van der Waals surface area contributed by atoms with E-state index in [1.807, 2.05) is 4.90 Å². The molecule has 6 nitrogen and oxygen atoms in total. The summed E-state index contributed by atoms with van der Waals surface area (Å²) in [5.41, 5.74) is -0.0993. The highest BCUT2D eigenvalue weighted by atomic mass is 16.3. The molecule has 1 aliphatic heterocycles. The van der Waals surface area contributed by atoms with E-state index in [2.05, 4.69) is 17.1 Å². The first-order chi connectivity index (χ1) is 15.8. The molecule has 5 aliphatic carbocycles. The summed E-state index contributed by atoms with van der Waals surface area (Å²) in [6, 6.07) is -0.0112. The van der Waals surface area contributed by atoms with Crippen molar-refractivity contribution in [1.29, 1.82) is 0 Å². The Morgan fingerprint density at radius 2 is 1.55 bits per heavy atom. The average molecular weight is 458 g/mol. The molecule has 0 bridgehead atoms. The van der Waals surface area contributed by atoms with E-state index in [1.54, 1.807) is 7.05 Å². The monoisotopic (exact) mass is 457 g/mol. The maximum absolute atomic E-state index is 13.6. The van der Waals surface area contributed by atoms with Crippen LogP contribution in [0.25, 0.3) is 0 Å². The maximum atomic E-state index is 13.6. The van der Waals surface area contributed by atoms with Gasteiger partial charge >= 0.3 is 6.03 Å². The van der Waals surface area contributed by atoms with Gasteiger partial charge in [-0.25, -0.2) is 4.79 Å². The third-order valence-corrected chi connectivity index (χ3v) is 11.6. The van der Waals surface area contributed by atoms with Gasteiger partial charge in [0.1, 0.15) is 5.78 Å². The van der Waals surface area contributed by atoms with Crippen LogP contribution in [0.5, 0.6) is 0 Å². The fourth-order valence-electron chi connectivity index (χ4n) is 9.81. The van der Waals surface area contributed by atoms with E-state index < -0.39 is 0 Å². The van der Waals surface area contributed by atoms with Crippen LogP contribution in [-0.4, -0.2) is 72.1 Å². The molecule has 6 fully saturated rings. The summed E-state index contributed by atoms with van der Waals surface area (Å²) in [5.74, 6) is 5.28. The largest absolute Gasteiger partial charge is 0.390 e. The number of aliphatic hydroxyl groups is 1. The molecule has 0 spiro atoms. The zero-order valence-corrected chi connectivity index (χ0v) is 20.6. The zero-order valence-electron chi connectivity index (χ0n) is 20.6. The van der Waals surface area contributed by atoms with Gasteiger partial charge in [0.25, 0.3) is 0 Å². The Morgan fingerprint density at radius 1 is 0.879 bits per heavy atom. The lowest BCUT2D eigenvalue weighted by Gasteiger charge is -2.56. The van der Waals surface area contributed by atoms with Gasteiger partial charge in [-0.1, -0.05) is 6.92 Å². The molecule has 1 heterocycles. The topological polar surface area (TPSA) is 72.9 Å². The van der Waals surface area contributed by atoms with Crippen molar-refractivity contribution in [3.63, 3.8) is 0 Å². The number of carbonyl (C=O) groups excluding carboxylic acids is 2. The van der Waals surface area contributed by atoms with Crippen LogP contribution in [-0.2, 0) is 4.79 Å². The number of nitrogens with zero attached hydrogens (tertiary/aromatic N) is 2. The van der Waals surface area contributed by atoms with Crippen molar-refractivity contribution in [2.45, 2.75) is 70.3 Å². The summed E-state index contributed by atoms with van der Waals surface area (Å²) < 4.78 is 0. The number of carbonyl (C=O) groups is 2. The van der Waals surface area contributed by atoms with E-state index in [9.17, 15) is 14.7 Å². The Morgan fingerprint density at radius 3 is 2.24 bits per heavy atom. The first-order valence-corrected chi connectivity index (χ1v) is 13.8. The molecule has 184 valence electrons. The number of piperazine rings is 1. The van der Waals surface area contributed by atoms with E-state index >= 15 is 0 Å². The standard InChI is InChI=1S/C27H43N3O3/c1-26-9-7-17-18-8-10-27(33)15-23(27)20(18)4-3-19(17)21(26)5-6-22(26)24(31)16-29-11-13-30(14-12-29)25(32)28-2/h17-23,33H,3-16H2,1-2H3,(H,28,32)/t17-,18-,19-,20+,21+,22-,23?,26+,27+/m1/s1. The number of fused-ring (bicyclic) bond motifs is 7. The SMILES string of the molecule is CNC(=O)N1CCN(CC(=O)[C@H]2CC[C@H]3[C@@H]4CC[C@@H]5C6C[C@@]6(O)CC[C@@H]5[C@H]4CC[C@]23C)CC1. The van der Waals surface area contributed by atoms with Crippen LogP contribution in [0.3, 0.4) is 0 Å². The molecule has 6 rings (SSSR count). The second kappa shape index (κ2) is 7.94. The minimum Gasteiger partial charge on any atom is -0.390 e. The maximum Gasteiger partial charge on any atom is 0.317 e. The number of urea groups is 1. The Kier molecular flexibility index (Phi) is 5.37. The van der Waals surface area contributed by atoms with Gasteiger partial charge in [-0.2, -0.15) is 0 Å². The van der Waals surface area contributed by atoms with E-state index in [4.69, 9.17) is 0 Å². The molecular formula is C27H43N3O3. The predicted molar refractivity (Wildman–Crippen MR) is 127 cm³/mol. The first-order valence-electron chi connectivity index (χ1n) is 13.8. The lowest BCUT2D eigenvalue weighted by atomic mass is 9.49. The molecule has 0 aromatic heterocycles. The van der Waals surface area contributed by atoms with Crippen molar-refractivity contribution in [3.8, 4) is 0 Å². The van der Waals surface area contributed by atoms with Gasteiger partial charge < -0.3 is 15.3 Å². The van der Waals surface area contributed by atoms with Crippen LogP contribution in [0.15, 0.2) is 0 Å². The van der Waals surface area contributed by atoms with Crippen LogP contribution >= 0.6 is 0 Å². The first kappa shape index (κ1) is 22.3. The number of amides is 2. The van der Waals surface area contributed by atoms with Crippen LogP contribution < -0.4 is 5.32 Å². The number of rotatable bonds is 3. The van der Waals surface area contributed by atoms with Crippen molar-refractivity contribution in [3.05, 3.63) is 0 Å². The molecule has 5 saturated carbocycles. The van der Waals surface area contributed by atoms with Gasteiger partial charge in [-0.15, -0.1) is 0 Å². The average Bonchev–Trinajstić information content (AvgIpc) is 3.39. The Labute approximate surface area is 198 Å². The highest BCUT2D eigenvalue weighted by Gasteiger charge is 2.65. The predicted octanol–water partition coefficient (Wildman–Crippen LogP) is 3.14. The van der Waals surface area contributed by atoms with Crippen LogP contribution in [0.4, 0.5) is 4.79 Å². The van der Waals surface area contributed by atoms with Crippen molar-refractivity contribution in [2.75, 3.05) is 39.8 Å². The van der Waals surface area contributed by atoms with Gasteiger partial charge in [0.05, 0.1) is 12.1 Å². The fraction of sp³-hybridized carbons (Fsp3) is 0.926. The molecule has 0 aromatic carbocycles. The summed E-state index contributed by atoms with van der Waals surface area (Å²) in [6.07, 6.45) is 10.9. The van der Waals surface area contributed by atoms with Gasteiger partial charge in [0.15, 0.2) is 0 Å². The van der Waals surface area contributed by atoms with Gasteiger partial charge in [0.2, 0.25) is 0 Å². The molecule has 0 radical (unpaired) electrons. The molecule has 6 aliphatic rings. The second-order valence-corrected chi connectivity index (χ2v) is 12.8. The quantitative estimate of drug-likeness (QED) is 0.683. The van der Waals surface area contributed by atoms with Crippen LogP contribution in [0.1, 0.15) is 64.7 Å². The van der Waals surface area contributed by atoms with Crippen LogP contribution in [0, 0.1) is 46.8 Å². The summed E-state index contributed by atoms with van der Waals surface area (Å²) in [5, 5.41) is 13.4. The van der Waals surface area contributed by atoms with Crippen LogP contribution in [0.2, 0.25) is 0 Å². The highest BCUT2D eigenvalue weighted by Crippen LogP contribution is 2.68. The number of nitrogens with one attached hydrogen (secondary N) is 1. The third-order valence-electron chi connectivity index (χ3n) is 11.6. The smallest absolute Gasteiger partial charge is 0.317 e. The van der Waals surface area contributed by atoms with E-state index in [0.29, 0.717) is 31.3 Å². The Balaban J connectivity index is 1.09. The summed E-state index contributed by atoms with van der Waals surface area (Å²) in [7, 11) is 1.68. The Bertz CT molecular complexity index is 810. The van der Waals surface area contributed by atoms with E-state index in [0.717, 1.165) is 61.9 Å². The van der Waals surface area contributed by atoms with Crippen molar-refractivity contribution in [1.82, 2.24) is 15.1 Å². The molecule has 1 unspecified atom stereocenters. The second-order valence-electron chi connectivity index (χ2n) is 12.8. The molecule has 33 heavy (non-hydrogen) atoms. The van der Waals surface area contributed by atoms with Gasteiger partial charge in [-0.05, 0) is 98.7 Å². The number of ketones is 1. The lowest BCUT2D eigenvalue weighted by molar-refractivity contribution is -0.132. The molecule has 2 N–H and O–H groups in total. The minimum atomic E-state index is -0.284. The van der Waals surface area contributed by atoms with Gasteiger partial charge in [-0.3, -0.25) is 9.69 Å². The summed E-state index contributed by atoms with van der Waals surface area (Å²) >= 11 is 0. The van der Waals surface area contributed by atoms with Gasteiger partial charge in [0, 0.05) is 39.1 Å². The summed E-state index contributed by atoms with van der Waals surface area (Å²) in [4.78, 5) is 29.5. The fourth-order valence-corrected chi connectivity index (χ4v) is 9.81. The lowest BCUT2D eigenvalue weighted by Crippen LogP contribution is -2.53. The molecule has 1 saturated heterocycles. The van der Waals surface area contributed by atoms with Crippen molar-refractivity contribution in [2.24, 2.45) is 46.8 Å². The van der Waals surface area contributed by atoms with E-state index in [-0.39, 0.29) is 23.0 Å². The molecule has 2 amide bonds.